The Bertz CT molecular complexity index is 958. The molecule has 1 aliphatic rings. The third-order valence-corrected chi connectivity index (χ3v) is 5.88. The number of amides is 1. The number of carbonyl (C=O) groups is 1. The number of benzene rings is 1. The molecular weight excluding hydrogens is 370 g/mol. The zero-order chi connectivity index (χ0) is 17.9. The van der Waals surface area contributed by atoms with Gasteiger partial charge in [0, 0.05) is 29.0 Å². The number of ether oxygens (including phenoxy) is 2. The van der Waals surface area contributed by atoms with Crippen molar-refractivity contribution >= 4 is 39.2 Å². The Labute approximate surface area is 158 Å². The molecule has 0 bridgehead atoms. The maximum absolute atomic E-state index is 12.1. The molecule has 0 unspecified atom stereocenters. The van der Waals surface area contributed by atoms with Crippen molar-refractivity contribution in [2.45, 2.75) is 24.9 Å². The Hall–Kier alpha value is -2.32. The molecule has 26 heavy (non-hydrogen) atoms. The first-order valence-corrected chi connectivity index (χ1v) is 9.98. The van der Waals surface area contributed by atoms with Gasteiger partial charge in [-0.15, -0.1) is 23.1 Å². The molecule has 0 aliphatic carbocycles. The molecule has 0 saturated heterocycles. The van der Waals surface area contributed by atoms with E-state index in [0.717, 1.165) is 32.3 Å². The van der Waals surface area contributed by atoms with Crippen LogP contribution in [0.2, 0.25) is 0 Å². The van der Waals surface area contributed by atoms with E-state index < -0.39 is 0 Å². The fraction of sp³-hybridized carbons (Fsp3) is 0.278. The van der Waals surface area contributed by atoms with Gasteiger partial charge in [0.05, 0.1) is 0 Å². The van der Waals surface area contributed by atoms with Crippen LogP contribution in [0, 0.1) is 6.92 Å². The van der Waals surface area contributed by atoms with E-state index in [1.54, 1.807) is 29.4 Å². The van der Waals surface area contributed by atoms with Gasteiger partial charge in [0.15, 0.2) is 11.5 Å². The summed E-state index contributed by atoms with van der Waals surface area (Å²) in [5.74, 6) is 2.16. The first kappa shape index (κ1) is 17.1. The number of aryl methyl sites for hydroxylation is 1. The van der Waals surface area contributed by atoms with Gasteiger partial charge < -0.3 is 14.8 Å². The molecule has 0 spiro atoms. The molecule has 134 valence electrons. The number of rotatable bonds is 6. The predicted octanol–water partition coefficient (Wildman–Crippen LogP) is 3.53. The summed E-state index contributed by atoms with van der Waals surface area (Å²) in [5.41, 5.74) is 0.988. The highest BCUT2D eigenvalue weighted by molar-refractivity contribution is 7.99. The van der Waals surface area contributed by atoms with E-state index in [2.05, 4.69) is 28.3 Å². The topological polar surface area (TPSA) is 73.3 Å². The average molecular weight is 387 g/mol. The van der Waals surface area contributed by atoms with Gasteiger partial charge in [0.2, 0.25) is 12.7 Å². The maximum atomic E-state index is 12.1. The van der Waals surface area contributed by atoms with Crippen LogP contribution < -0.4 is 14.8 Å². The molecule has 1 N–H and O–H groups in total. The smallest absolute Gasteiger partial charge is 0.231 e. The minimum absolute atomic E-state index is 0.0157. The lowest BCUT2D eigenvalue weighted by Gasteiger charge is -2.06. The van der Waals surface area contributed by atoms with Crippen LogP contribution in [-0.2, 0) is 11.3 Å². The number of nitrogens with zero attached hydrogens (tertiary/aromatic N) is 2. The van der Waals surface area contributed by atoms with Crippen molar-refractivity contribution in [1.82, 2.24) is 15.3 Å². The normalized spacial score (nSPS) is 12.5. The van der Waals surface area contributed by atoms with Gasteiger partial charge in [-0.25, -0.2) is 9.97 Å². The summed E-state index contributed by atoms with van der Waals surface area (Å²) in [7, 11) is 0. The summed E-state index contributed by atoms with van der Waals surface area (Å²) in [6.07, 6.45) is 2.02. The Morgan fingerprint density at radius 3 is 3.08 bits per heavy atom. The monoisotopic (exact) mass is 387 g/mol. The molecule has 3 aromatic rings. The highest BCUT2D eigenvalue weighted by atomic mass is 32.2. The highest BCUT2D eigenvalue weighted by Crippen LogP contribution is 2.32. The molecule has 8 heteroatoms. The maximum Gasteiger partial charge on any atom is 0.231 e. The van der Waals surface area contributed by atoms with E-state index in [1.807, 2.05) is 18.2 Å². The summed E-state index contributed by atoms with van der Waals surface area (Å²) in [6.45, 7) is 2.79. The van der Waals surface area contributed by atoms with Crippen molar-refractivity contribution in [1.29, 1.82) is 0 Å². The molecule has 4 rings (SSSR count). The van der Waals surface area contributed by atoms with E-state index >= 15 is 0 Å². The first-order chi connectivity index (χ1) is 12.7. The SMILES string of the molecule is Cc1cc2c(SCCC(=O)NCc3ccc4c(c3)OCO4)ncnc2s1. The summed E-state index contributed by atoms with van der Waals surface area (Å²) in [6, 6.07) is 7.79. The zero-order valence-corrected chi connectivity index (χ0v) is 15.8. The first-order valence-electron chi connectivity index (χ1n) is 8.18. The van der Waals surface area contributed by atoms with Crippen molar-refractivity contribution in [3.63, 3.8) is 0 Å². The number of thiophene rings is 1. The highest BCUT2D eigenvalue weighted by Gasteiger charge is 2.13. The van der Waals surface area contributed by atoms with Crippen LogP contribution >= 0.6 is 23.1 Å². The third-order valence-electron chi connectivity index (χ3n) is 3.91. The summed E-state index contributed by atoms with van der Waals surface area (Å²) in [4.78, 5) is 22.9. The molecule has 6 nitrogen and oxygen atoms in total. The van der Waals surface area contributed by atoms with E-state index in [9.17, 15) is 4.79 Å². The van der Waals surface area contributed by atoms with Crippen molar-refractivity contribution in [2.75, 3.05) is 12.5 Å². The quantitative estimate of drug-likeness (QED) is 0.515. The molecule has 3 heterocycles. The second kappa shape index (κ2) is 7.51. The molecule has 1 amide bonds. The minimum Gasteiger partial charge on any atom is -0.454 e. The lowest BCUT2D eigenvalue weighted by Crippen LogP contribution is -2.22. The van der Waals surface area contributed by atoms with Gasteiger partial charge >= 0.3 is 0 Å². The predicted molar refractivity (Wildman–Crippen MR) is 102 cm³/mol. The molecule has 0 atom stereocenters. The van der Waals surface area contributed by atoms with E-state index in [4.69, 9.17) is 9.47 Å². The number of thioether (sulfide) groups is 1. The van der Waals surface area contributed by atoms with Gasteiger partial charge in [0.25, 0.3) is 0 Å². The standard InChI is InChI=1S/C18H17N3O3S2/c1-11-6-13-17(20-9-21-18(13)26-11)25-5-4-16(22)19-8-12-2-3-14-15(7-12)24-10-23-14/h2-3,6-7,9H,4-5,8,10H2,1H3,(H,19,22). The molecular formula is C18H17N3O3S2. The Balaban J connectivity index is 1.27. The van der Waals surface area contributed by atoms with Crippen LogP contribution in [0.25, 0.3) is 10.2 Å². The summed E-state index contributed by atoms with van der Waals surface area (Å²) >= 11 is 3.25. The number of fused-ring (bicyclic) bond motifs is 2. The zero-order valence-electron chi connectivity index (χ0n) is 14.2. The number of hydrogen-bond donors (Lipinski definition) is 1. The summed E-state index contributed by atoms with van der Waals surface area (Å²) < 4.78 is 10.6. The van der Waals surface area contributed by atoms with E-state index in [0.29, 0.717) is 18.7 Å². The Morgan fingerprint density at radius 2 is 2.15 bits per heavy atom. The van der Waals surface area contributed by atoms with Gasteiger partial charge in [-0.1, -0.05) is 6.07 Å². The molecule has 0 fully saturated rings. The number of carbonyl (C=O) groups excluding carboxylic acids is 1. The number of aromatic nitrogens is 2. The van der Waals surface area contributed by atoms with E-state index in [1.165, 1.54) is 4.88 Å². The van der Waals surface area contributed by atoms with Gasteiger partial charge in [0.1, 0.15) is 16.2 Å². The van der Waals surface area contributed by atoms with Crippen molar-refractivity contribution < 1.29 is 14.3 Å². The van der Waals surface area contributed by atoms with Crippen LogP contribution in [0.5, 0.6) is 11.5 Å². The molecule has 1 aromatic carbocycles. The van der Waals surface area contributed by atoms with Crippen molar-refractivity contribution in [3.8, 4) is 11.5 Å². The lowest BCUT2D eigenvalue weighted by molar-refractivity contribution is -0.120. The second-order valence-corrected chi connectivity index (χ2v) is 8.14. The molecule has 0 radical (unpaired) electrons. The summed E-state index contributed by atoms with van der Waals surface area (Å²) in [5, 5.41) is 4.94. The largest absolute Gasteiger partial charge is 0.454 e. The van der Waals surface area contributed by atoms with E-state index in [-0.39, 0.29) is 12.7 Å². The average Bonchev–Trinajstić information content (AvgIpc) is 3.25. The van der Waals surface area contributed by atoms with Gasteiger partial charge in [-0.05, 0) is 30.7 Å². The van der Waals surface area contributed by atoms with Gasteiger partial charge in [-0.2, -0.15) is 0 Å². The van der Waals surface area contributed by atoms with Crippen molar-refractivity contribution in [3.05, 3.63) is 41.0 Å². The Morgan fingerprint density at radius 1 is 1.27 bits per heavy atom. The molecule has 2 aromatic heterocycles. The fourth-order valence-electron chi connectivity index (χ4n) is 2.65. The molecule has 0 saturated carbocycles. The Kier molecular flexibility index (Phi) is 4.94. The van der Waals surface area contributed by atoms with Crippen LogP contribution in [0.4, 0.5) is 0 Å². The second-order valence-electron chi connectivity index (χ2n) is 5.82. The minimum atomic E-state index is 0.0157. The third kappa shape index (κ3) is 3.76. The molecule has 1 aliphatic heterocycles. The van der Waals surface area contributed by atoms with Crippen LogP contribution in [0.15, 0.2) is 35.6 Å². The fourth-order valence-corrected chi connectivity index (χ4v) is 4.48. The van der Waals surface area contributed by atoms with Crippen LogP contribution in [0.1, 0.15) is 16.9 Å². The number of nitrogens with one attached hydrogen (secondary N) is 1. The number of hydrogen-bond acceptors (Lipinski definition) is 7. The van der Waals surface area contributed by atoms with Crippen molar-refractivity contribution in [2.24, 2.45) is 0 Å². The lowest BCUT2D eigenvalue weighted by atomic mass is 10.2. The van der Waals surface area contributed by atoms with Crippen LogP contribution in [0.3, 0.4) is 0 Å². The van der Waals surface area contributed by atoms with Gasteiger partial charge in [-0.3, -0.25) is 4.79 Å². The van der Waals surface area contributed by atoms with Crippen LogP contribution in [-0.4, -0.2) is 28.4 Å².